The second kappa shape index (κ2) is 16.9. The van der Waals surface area contributed by atoms with E-state index in [1.54, 1.807) is 48.2 Å². The number of morpholine rings is 1. The molecule has 2 N–H and O–H groups in total. The van der Waals surface area contributed by atoms with Gasteiger partial charge in [-0.05, 0) is 94.6 Å². The summed E-state index contributed by atoms with van der Waals surface area (Å²) in [6, 6.07) is 14.6. The smallest absolute Gasteiger partial charge is 0.323 e. The van der Waals surface area contributed by atoms with Gasteiger partial charge in [0.2, 0.25) is 0 Å². The Kier molecular flexibility index (Phi) is 12.5. The monoisotopic (exact) mass is 662 g/mol. The van der Waals surface area contributed by atoms with Gasteiger partial charge in [0.15, 0.2) is 0 Å². The molecular weight excluding hydrogens is 613 g/mol. The fourth-order valence-corrected chi connectivity index (χ4v) is 6.85. The molecule has 0 unspecified atom stereocenters. The number of anilines is 3. The van der Waals surface area contributed by atoms with Crippen molar-refractivity contribution < 1.29 is 14.3 Å². The molecule has 0 spiro atoms. The van der Waals surface area contributed by atoms with Crippen molar-refractivity contribution >= 4 is 40.9 Å². The third-order valence-electron chi connectivity index (χ3n) is 8.53. The first kappa shape index (κ1) is 34.6. The van der Waals surface area contributed by atoms with Crippen LogP contribution >= 0.6 is 11.9 Å². The van der Waals surface area contributed by atoms with Crippen molar-refractivity contribution in [2.75, 3.05) is 108 Å². The number of nitrogens with zero attached hydrogens (tertiary/aromatic N) is 6. The number of benzene rings is 2. The molecule has 0 bridgehead atoms. The summed E-state index contributed by atoms with van der Waals surface area (Å²) in [6.45, 7) is 12.4. The molecule has 254 valence electrons. The zero-order chi connectivity index (χ0) is 33.2. The van der Waals surface area contributed by atoms with Crippen molar-refractivity contribution in [3.05, 3.63) is 77.1 Å². The third-order valence-corrected chi connectivity index (χ3v) is 9.60. The minimum Gasteiger partial charge on any atom is -0.378 e. The number of rotatable bonds is 11. The van der Waals surface area contributed by atoms with E-state index in [0.717, 1.165) is 77.7 Å². The Morgan fingerprint density at radius 3 is 2.17 bits per heavy atom. The molecule has 5 rings (SSSR count). The summed E-state index contributed by atoms with van der Waals surface area (Å²) in [4.78, 5) is 36.8. The van der Waals surface area contributed by atoms with E-state index < -0.39 is 0 Å². The Morgan fingerprint density at radius 1 is 0.830 bits per heavy atom. The first-order valence-electron chi connectivity index (χ1n) is 16.7. The number of ether oxygens (including phenoxy) is 1. The summed E-state index contributed by atoms with van der Waals surface area (Å²) in [5.74, 6) is -0.0469. The lowest BCUT2D eigenvalue weighted by molar-refractivity contribution is 0.0575. The first-order chi connectivity index (χ1) is 22.8. The number of nitrogens with one attached hydrogen (secondary N) is 2. The fourth-order valence-electron chi connectivity index (χ4n) is 5.79. The SMILES string of the molecule is CCCN1CCCN(C2=CN(c3ccc(NC(=O)Nc4ccc(C(=O)N(C)CCN(C)C)cc4)cc3)SC(N3CCOCC3)=C2)CC1. The number of amides is 3. The topological polar surface area (TPSA) is 86.9 Å². The molecule has 3 aliphatic rings. The highest BCUT2D eigenvalue weighted by molar-refractivity contribution is 8.04. The molecule has 11 nitrogen and oxygen atoms in total. The van der Waals surface area contributed by atoms with Gasteiger partial charge in [0.25, 0.3) is 5.91 Å². The molecule has 0 aromatic heterocycles. The quantitative estimate of drug-likeness (QED) is 0.328. The number of hydrogen-bond donors (Lipinski definition) is 2. The fraction of sp³-hybridized carbons (Fsp3) is 0.486. The maximum Gasteiger partial charge on any atom is 0.323 e. The van der Waals surface area contributed by atoms with Gasteiger partial charge < -0.3 is 39.9 Å². The number of carbonyl (C=O) groups is 2. The molecule has 3 aliphatic heterocycles. The molecule has 2 aromatic rings. The maximum absolute atomic E-state index is 12.8. The van der Waals surface area contributed by atoms with Crippen LogP contribution in [-0.4, -0.2) is 130 Å². The molecular formula is C35H50N8O3S. The van der Waals surface area contributed by atoms with Crippen molar-refractivity contribution in [1.29, 1.82) is 0 Å². The molecule has 3 heterocycles. The predicted molar refractivity (Wildman–Crippen MR) is 193 cm³/mol. The van der Waals surface area contributed by atoms with Crippen molar-refractivity contribution in [2.24, 2.45) is 0 Å². The summed E-state index contributed by atoms with van der Waals surface area (Å²) in [5, 5.41) is 7.03. The standard InChI is InChI=1S/C35H50N8O3S/c1-5-15-40-16-6-17-41(21-20-40)32-26-33(42-22-24-46-25-23-42)47-43(27-32)31-13-11-30(12-14-31)37-35(45)36-29-9-7-28(8-10-29)34(44)39(4)19-18-38(2)3/h7-14,26-27H,5-6,15-25H2,1-4H3,(H2,36,37,45). The van der Waals surface area contributed by atoms with E-state index in [-0.39, 0.29) is 11.9 Å². The number of allylic oxidation sites excluding steroid dienone is 1. The van der Waals surface area contributed by atoms with Crippen LogP contribution in [0.2, 0.25) is 0 Å². The normalized spacial score (nSPS) is 17.6. The summed E-state index contributed by atoms with van der Waals surface area (Å²) < 4.78 is 7.87. The van der Waals surface area contributed by atoms with Gasteiger partial charge in [-0.25, -0.2) is 4.79 Å². The Labute approximate surface area is 284 Å². The summed E-state index contributed by atoms with van der Waals surface area (Å²) >= 11 is 1.73. The largest absolute Gasteiger partial charge is 0.378 e. The Bertz CT molecular complexity index is 1390. The van der Waals surface area contributed by atoms with Crippen LogP contribution in [-0.2, 0) is 4.74 Å². The van der Waals surface area contributed by atoms with E-state index in [4.69, 9.17) is 4.74 Å². The van der Waals surface area contributed by atoms with Crippen molar-refractivity contribution in [1.82, 2.24) is 24.5 Å². The van der Waals surface area contributed by atoms with Crippen LogP contribution in [0.25, 0.3) is 0 Å². The molecule has 0 radical (unpaired) electrons. The van der Waals surface area contributed by atoms with Crippen LogP contribution in [0.1, 0.15) is 30.1 Å². The molecule has 0 atom stereocenters. The van der Waals surface area contributed by atoms with Crippen LogP contribution in [0.4, 0.5) is 21.9 Å². The van der Waals surface area contributed by atoms with E-state index in [0.29, 0.717) is 23.5 Å². The van der Waals surface area contributed by atoms with Gasteiger partial charge in [0.05, 0.1) is 29.6 Å². The lowest BCUT2D eigenvalue weighted by Crippen LogP contribution is -2.37. The highest BCUT2D eigenvalue weighted by Crippen LogP contribution is 2.37. The average molecular weight is 663 g/mol. The summed E-state index contributed by atoms with van der Waals surface area (Å²) in [5.41, 5.74) is 4.16. The second-order valence-electron chi connectivity index (χ2n) is 12.5. The van der Waals surface area contributed by atoms with E-state index in [1.807, 2.05) is 43.3 Å². The van der Waals surface area contributed by atoms with Gasteiger partial charge in [0, 0.05) is 87.9 Å². The van der Waals surface area contributed by atoms with Crippen LogP contribution in [0.15, 0.2) is 71.5 Å². The number of urea groups is 1. The Hall–Kier alpha value is -3.71. The summed E-state index contributed by atoms with van der Waals surface area (Å²) in [6.07, 6.45) is 6.93. The number of likely N-dealkylation sites (N-methyl/N-ethyl adjacent to an activating group) is 2. The lowest BCUT2D eigenvalue weighted by atomic mass is 10.2. The van der Waals surface area contributed by atoms with Gasteiger partial charge >= 0.3 is 6.03 Å². The van der Waals surface area contributed by atoms with E-state index in [9.17, 15) is 9.59 Å². The van der Waals surface area contributed by atoms with Crippen LogP contribution in [0.5, 0.6) is 0 Å². The second-order valence-corrected chi connectivity index (χ2v) is 13.5. The molecule has 3 amide bonds. The molecule has 0 saturated carbocycles. The van der Waals surface area contributed by atoms with Gasteiger partial charge in [-0.3, -0.25) is 9.10 Å². The lowest BCUT2D eigenvalue weighted by Gasteiger charge is -2.37. The maximum atomic E-state index is 12.8. The highest BCUT2D eigenvalue weighted by atomic mass is 32.2. The van der Waals surface area contributed by atoms with Crippen LogP contribution in [0, 0.1) is 0 Å². The minimum atomic E-state index is -0.342. The van der Waals surface area contributed by atoms with Crippen molar-refractivity contribution in [3.63, 3.8) is 0 Å². The molecule has 47 heavy (non-hydrogen) atoms. The van der Waals surface area contributed by atoms with Gasteiger partial charge in [-0.15, -0.1) is 0 Å². The molecule has 12 heteroatoms. The first-order valence-corrected chi connectivity index (χ1v) is 17.5. The third kappa shape index (κ3) is 9.90. The van der Waals surface area contributed by atoms with E-state index >= 15 is 0 Å². The Balaban J connectivity index is 1.21. The van der Waals surface area contributed by atoms with Crippen LogP contribution < -0.4 is 14.9 Å². The number of carbonyl (C=O) groups excluding carboxylic acids is 2. The zero-order valence-corrected chi connectivity index (χ0v) is 29.1. The summed E-state index contributed by atoms with van der Waals surface area (Å²) in [7, 11) is 5.76. The van der Waals surface area contributed by atoms with Gasteiger partial charge in [0.1, 0.15) is 0 Å². The molecule has 2 aromatic carbocycles. The van der Waals surface area contributed by atoms with Crippen molar-refractivity contribution in [2.45, 2.75) is 19.8 Å². The molecule has 2 fully saturated rings. The minimum absolute atomic E-state index is 0.0469. The van der Waals surface area contributed by atoms with E-state index in [2.05, 4.69) is 48.8 Å². The Morgan fingerprint density at radius 2 is 1.51 bits per heavy atom. The van der Waals surface area contributed by atoms with Crippen molar-refractivity contribution in [3.8, 4) is 0 Å². The molecule has 2 saturated heterocycles. The predicted octanol–water partition coefficient (Wildman–Crippen LogP) is 4.87. The molecule has 0 aliphatic carbocycles. The van der Waals surface area contributed by atoms with Gasteiger partial charge in [-0.1, -0.05) is 6.92 Å². The average Bonchev–Trinajstić information content (AvgIpc) is 3.33. The van der Waals surface area contributed by atoms with E-state index in [1.165, 1.54) is 17.1 Å². The van der Waals surface area contributed by atoms with Crippen LogP contribution in [0.3, 0.4) is 0 Å². The van der Waals surface area contributed by atoms with Gasteiger partial charge in [-0.2, -0.15) is 0 Å². The highest BCUT2D eigenvalue weighted by Gasteiger charge is 2.25. The number of hydrogen-bond acceptors (Lipinski definition) is 9. The zero-order valence-electron chi connectivity index (χ0n) is 28.3.